The highest BCUT2D eigenvalue weighted by Crippen LogP contribution is 2.53. The van der Waals surface area contributed by atoms with Crippen LogP contribution < -0.4 is 10.6 Å². The second kappa shape index (κ2) is 8.24. The molecule has 4 rings (SSSR count). The van der Waals surface area contributed by atoms with E-state index >= 15 is 0 Å². The molecule has 32 heavy (non-hydrogen) atoms. The van der Waals surface area contributed by atoms with Crippen LogP contribution >= 0.6 is 0 Å². The highest BCUT2D eigenvalue weighted by molar-refractivity contribution is 5.89. The number of alkyl halides is 3. The molecule has 2 fully saturated rings. The molecule has 8 heteroatoms. The normalized spacial score (nSPS) is 25.0. The summed E-state index contributed by atoms with van der Waals surface area (Å²) in [5, 5.41) is 6.43. The zero-order valence-corrected chi connectivity index (χ0v) is 17.8. The molecular formula is C24H25F3N2O3. The maximum atomic E-state index is 12.8. The number of nitrogens with one attached hydrogen (secondary N) is 2. The second-order valence-corrected chi connectivity index (χ2v) is 8.71. The van der Waals surface area contributed by atoms with Crippen LogP contribution in [0.3, 0.4) is 0 Å². The van der Waals surface area contributed by atoms with Crippen molar-refractivity contribution in [2.75, 3.05) is 7.11 Å². The van der Waals surface area contributed by atoms with Crippen LogP contribution in [-0.4, -0.2) is 30.6 Å². The van der Waals surface area contributed by atoms with Crippen LogP contribution in [0.25, 0.3) is 0 Å². The molecule has 0 bridgehead atoms. The maximum absolute atomic E-state index is 12.8. The van der Waals surface area contributed by atoms with Gasteiger partial charge < -0.3 is 10.1 Å². The minimum absolute atomic E-state index is 0.103. The van der Waals surface area contributed by atoms with Gasteiger partial charge in [0.25, 0.3) is 0 Å². The lowest BCUT2D eigenvalue weighted by atomic mass is 10.0. The molecule has 1 aliphatic carbocycles. The lowest BCUT2D eigenvalue weighted by Gasteiger charge is -2.22. The first-order valence-corrected chi connectivity index (χ1v) is 10.5. The molecule has 0 spiro atoms. The molecule has 2 aromatic carbocycles. The summed E-state index contributed by atoms with van der Waals surface area (Å²) in [6.07, 6.45) is -2.11. The van der Waals surface area contributed by atoms with Crippen molar-refractivity contribution in [3.05, 3.63) is 70.8 Å². The summed E-state index contributed by atoms with van der Waals surface area (Å²) in [7, 11) is 1.32. The van der Waals surface area contributed by atoms with E-state index in [2.05, 4.69) is 15.4 Å². The van der Waals surface area contributed by atoms with Gasteiger partial charge in [0.15, 0.2) is 0 Å². The van der Waals surface area contributed by atoms with Crippen molar-refractivity contribution in [2.45, 2.75) is 50.0 Å². The van der Waals surface area contributed by atoms with Crippen molar-refractivity contribution >= 4 is 11.9 Å². The lowest BCUT2D eigenvalue weighted by molar-refractivity contribution is -0.137. The third kappa shape index (κ3) is 4.50. The number of ether oxygens (including phenoxy) is 1. The van der Waals surface area contributed by atoms with Crippen LogP contribution in [0.2, 0.25) is 0 Å². The zero-order valence-electron chi connectivity index (χ0n) is 17.8. The number of rotatable bonds is 6. The number of benzene rings is 2. The van der Waals surface area contributed by atoms with E-state index in [0.29, 0.717) is 24.3 Å². The molecule has 0 radical (unpaired) electrons. The van der Waals surface area contributed by atoms with Crippen LogP contribution in [0.5, 0.6) is 0 Å². The Morgan fingerprint density at radius 1 is 1.16 bits per heavy atom. The van der Waals surface area contributed by atoms with Gasteiger partial charge in [-0.25, -0.2) is 4.79 Å². The Morgan fingerprint density at radius 3 is 2.41 bits per heavy atom. The number of hydrogen-bond donors (Lipinski definition) is 2. The van der Waals surface area contributed by atoms with Gasteiger partial charge in [0.1, 0.15) is 0 Å². The third-order valence-electron chi connectivity index (χ3n) is 6.52. The van der Waals surface area contributed by atoms with E-state index in [0.717, 1.165) is 29.7 Å². The van der Waals surface area contributed by atoms with Gasteiger partial charge in [0.2, 0.25) is 5.91 Å². The van der Waals surface area contributed by atoms with Crippen LogP contribution in [0.4, 0.5) is 13.2 Å². The van der Waals surface area contributed by atoms with Gasteiger partial charge in [0.05, 0.1) is 30.3 Å². The largest absolute Gasteiger partial charge is 0.465 e. The number of halogens is 3. The number of carbonyl (C=O) groups is 2. The molecule has 1 saturated heterocycles. The topological polar surface area (TPSA) is 67.4 Å². The first-order valence-electron chi connectivity index (χ1n) is 10.5. The summed E-state index contributed by atoms with van der Waals surface area (Å²) < 4.78 is 43.0. The molecule has 4 atom stereocenters. The van der Waals surface area contributed by atoms with Crippen molar-refractivity contribution in [3.8, 4) is 0 Å². The van der Waals surface area contributed by atoms with E-state index in [9.17, 15) is 22.8 Å². The minimum atomic E-state index is -4.34. The van der Waals surface area contributed by atoms with E-state index in [4.69, 9.17) is 0 Å². The number of methoxy groups -OCH3 is 1. The summed E-state index contributed by atoms with van der Waals surface area (Å²) in [5.41, 5.74) is 1.27. The Balaban J connectivity index is 1.33. The highest BCUT2D eigenvalue weighted by Gasteiger charge is 2.60. The Kier molecular flexibility index (Phi) is 5.75. The lowest BCUT2D eigenvalue weighted by Crippen LogP contribution is -2.47. The van der Waals surface area contributed by atoms with Crippen LogP contribution in [0.1, 0.15) is 52.9 Å². The smallest absolute Gasteiger partial charge is 0.416 e. The Hall–Kier alpha value is -2.87. The first kappa shape index (κ1) is 22.3. The van der Waals surface area contributed by atoms with E-state index in [1.807, 2.05) is 6.92 Å². The molecular weight excluding hydrogens is 421 g/mol. The van der Waals surface area contributed by atoms with Gasteiger partial charge in [-0.1, -0.05) is 24.3 Å². The predicted molar refractivity (Wildman–Crippen MR) is 112 cm³/mol. The summed E-state index contributed by atoms with van der Waals surface area (Å²) in [6, 6.07) is 11.6. The minimum Gasteiger partial charge on any atom is -0.465 e. The molecule has 2 unspecified atom stereocenters. The summed E-state index contributed by atoms with van der Waals surface area (Å²) >= 11 is 0. The Morgan fingerprint density at radius 2 is 1.81 bits per heavy atom. The van der Waals surface area contributed by atoms with Gasteiger partial charge >= 0.3 is 12.1 Å². The molecule has 2 N–H and O–H groups in total. The number of piperidine rings is 1. The van der Waals surface area contributed by atoms with E-state index in [1.165, 1.54) is 19.2 Å². The summed E-state index contributed by atoms with van der Waals surface area (Å²) in [5.74, 6) is -0.176. The fraction of sp³-hybridized carbons (Fsp3) is 0.417. The third-order valence-corrected chi connectivity index (χ3v) is 6.52. The molecule has 2 aliphatic rings. The van der Waals surface area contributed by atoms with Crippen molar-refractivity contribution in [1.82, 2.24) is 10.6 Å². The monoisotopic (exact) mass is 446 g/mol. The standard InChI is InChI=1S/C24H25F3N2O3/c1-14(16-5-7-17(8-6-16)22(31)32-2)28-21(30)20-11-19-13-23(19,29-20)12-15-3-9-18(10-4-15)24(25,26)27/h3-10,14,19-20,29H,11-13H2,1-2H3,(H,28,30)/t14-,19?,20+,23?/m0/s1. The van der Waals surface area contributed by atoms with Crippen molar-refractivity contribution in [2.24, 2.45) is 5.92 Å². The molecule has 170 valence electrons. The maximum Gasteiger partial charge on any atom is 0.416 e. The molecule has 5 nitrogen and oxygen atoms in total. The van der Waals surface area contributed by atoms with Gasteiger partial charge in [0, 0.05) is 5.54 Å². The predicted octanol–water partition coefficient (Wildman–Crippen LogP) is 4.03. The second-order valence-electron chi connectivity index (χ2n) is 8.71. The molecule has 1 amide bonds. The number of fused-ring (bicyclic) bond motifs is 1. The molecule has 2 aromatic rings. The summed E-state index contributed by atoms with van der Waals surface area (Å²) in [6.45, 7) is 1.87. The molecule has 1 aliphatic heterocycles. The fourth-order valence-electron chi connectivity index (χ4n) is 4.60. The number of amides is 1. The van der Waals surface area contributed by atoms with Gasteiger partial charge in [-0.3, -0.25) is 10.1 Å². The van der Waals surface area contributed by atoms with Crippen molar-refractivity contribution in [1.29, 1.82) is 0 Å². The quantitative estimate of drug-likeness (QED) is 0.658. The fourth-order valence-corrected chi connectivity index (χ4v) is 4.60. The zero-order chi connectivity index (χ0) is 23.1. The van der Waals surface area contributed by atoms with E-state index in [-0.39, 0.29) is 23.5 Å². The Labute approximate surface area is 184 Å². The number of hydrogen-bond acceptors (Lipinski definition) is 4. The highest BCUT2D eigenvalue weighted by atomic mass is 19.4. The summed E-state index contributed by atoms with van der Waals surface area (Å²) in [4.78, 5) is 24.3. The van der Waals surface area contributed by atoms with Crippen LogP contribution in [0, 0.1) is 5.92 Å². The molecule has 0 aromatic heterocycles. The first-order chi connectivity index (χ1) is 15.1. The Bertz CT molecular complexity index is 1000. The van der Waals surface area contributed by atoms with Gasteiger partial charge in [-0.2, -0.15) is 13.2 Å². The van der Waals surface area contributed by atoms with Gasteiger partial charge in [-0.15, -0.1) is 0 Å². The van der Waals surface area contributed by atoms with Crippen LogP contribution in [0.15, 0.2) is 48.5 Å². The van der Waals surface area contributed by atoms with E-state index < -0.39 is 17.7 Å². The van der Waals surface area contributed by atoms with Crippen molar-refractivity contribution in [3.63, 3.8) is 0 Å². The SMILES string of the molecule is COC(=O)c1ccc([C@H](C)NC(=O)[C@H]2CC3CC3(Cc3ccc(C(F)(F)F)cc3)N2)cc1. The average molecular weight is 446 g/mol. The van der Waals surface area contributed by atoms with Gasteiger partial charge in [-0.05, 0) is 67.5 Å². The number of esters is 1. The molecule has 1 saturated carbocycles. The number of carbonyl (C=O) groups excluding carboxylic acids is 2. The van der Waals surface area contributed by atoms with Crippen molar-refractivity contribution < 1.29 is 27.5 Å². The average Bonchev–Trinajstić information content (AvgIpc) is 3.31. The van der Waals surface area contributed by atoms with E-state index in [1.54, 1.807) is 24.3 Å². The molecule has 1 heterocycles. The van der Waals surface area contributed by atoms with Crippen LogP contribution in [-0.2, 0) is 22.1 Å².